The molecule has 1 aliphatic heterocycles. The summed E-state index contributed by atoms with van der Waals surface area (Å²) in [6.07, 6.45) is 3.30. The molecule has 0 bridgehead atoms. The molecule has 1 aromatic carbocycles. The summed E-state index contributed by atoms with van der Waals surface area (Å²) in [6, 6.07) is 7.49. The number of benzene rings is 1. The van der Waals surface area contributed by atoms with Gasteiger partial charge in [-0.15, -0.1) is 0 Å². The van der Waals surface area contributed by atoms with Gasteiger partial charge >= 0.3 is 0 Å². The molecule has 9 heteroatoms. The summed E-state index contributed by atoms with van der Waals surface area (Å²) in [6.45, 7) is 3.89. The normalized spacial score (nSPS) is 14.9. The highest BCUT2D eigenvalue weighted by Gasteiger charge is 2.24. The van der Waals surface area contributed by atoms with Crippen LogP contribution < -0.4 is 15.8 Å². The monoisotopic (exact) mass is 395 g/mol. The fourth-order valence-electron chi connectivity index (χ4n) is 3.56. The van der Waals surface area contributed by atoms with Crippen molar-refractivity contribution in [2.24, 2.45) is 7.05 Å². The number of nitrogens with one attached hydrogen (secondary N) is 1. The van der Waals surface area contributed by atoms with Gasteiger partial charge in [0.15, 0.2) is 5.65 Å². The van der Waals surface area contributed by atoms with Crippen molar-refractivity contribution in [2.75, 3.05) is 30.7 Å². The second-order valence-corrected chi connectivity index (χ2v) is 7.11. The number of ether oxygens (including phenoxy) is 1. The average molecular weight is 395 g/mol. The summed E-state index contributed by atoms with van der Waals surface area (Å²) in [7, 11) is 1.82. The molecule has 0 atom stereocenters. The van der Waals surface area contributed by atoms with Crippen molar-refractivity contribution in [3.63, 3.8) is 0 Å². The maximum atomic E-state index is 12.7. The molecule has 9 nitrogen and oxygen atoms in total. The Hall–Kier alpha value is -3.36. The van der Waals surface area contributed by atoms with Gasteiger partial charge < -0.3 is 20.7 Å². The van der Waals surface area contributed by atoms with Crippen molar-refractivity contribution >= 4 is 28.7 Å². The highest BCUT2D eigenvalue weighted by Crippen LogP contribution is 2.22. The molecule has 2 aromatic heterocycles. The number of nitrogens with two attached hydrogens (primary N) is 1. The molecule has 3 N–H and O–H groups in total. The van der Waals surface area contributed by atoms with E-state index in [2.05, 4.69) is 20.4 Å². The summed E-state index contributed by atoms with van der Waals surface area (Å²) >= 11 is 0. The van der Waals surface area contributed by atoms with Crippen LogP contribution in [0.15, 0.2) is 30.5 Å². The minimum atomic E-state index is 0.0447. The van der Waals surface area contributed by atoms with Crippen LogP contribution in [0.4, 0.5) is 11.8 Å². The quantitative estimate of drug-likeness (QED) is 0.680. The summed E-state index contributed by atoms with van der Waals surface area (Å²) in [4.78, 5) is 23.5. The van der Waals surface area contributed by atoms with Crippen molar-refractivity contribution in [1.82, 2.24) is 24.6 Å². The third kappa shape index (κ3) is 3.94. The number of carbonyl (C=O) groups is 1. The van der Waals surface area contributed by atoms with E-state index in [9.17, 15) is 4.79 Å². The Morgan fingerprint density at radius 1 is 1.24 bits per heavy atom. The first-order chi connectivity index (χ1) is 14.0. The molecule has 1 fully saturated rings. The maximum Gasteiger partial charge on any atom is 0.253 e. The number of aryl methyl sites for hydroxylation is 1. The molecular weight excluding hydrogens is 370 g/mol. The fraction of sp³-hybridized carbons (Fsp3) is 0.400. The molecule has 152 valence electrons. The molecular formula is C20H25N7O2. The maximum absolute atomic E-state index is 12.7. The molecule has 1 saturated heterocycles. The summed E-state index contributed by atoms with van der Waals surface area (Å²) < 4.78 is 7.11. The smallest absolute Gasteiger partial charge is 0.253 e. The number of piperidine rings is 1. The first-order valence-corrected chi connectivity index (χ1v) is 9.79. The predicted octanol–water partition coefficient (Wildman–Crippen LogP) is 2.06. The van der Waals surface area contributed by atoms with Crippen LogP contribution in [0.5, 0.6) is 5.75 Å². The van der Waals surface area contributed by atoms with Crippen molar-refractivity contribution in [1.29, 1.82) is 0 Å². The van der Waals surface area contributed by atoms with Gasteiger partial charge in [-0.1, -0.05) is 0 Å². The average Bonchev–Trinajstić information content (AvgIpc) is 3.10. The van der Waals surface area contributed by atoms with Crippen molar-refractivity contribution in [2.45, 2.75) is 25.8 Å². The number of nitrogens with zero attached hydrogens (tertiary/aromatic N) is 5. The zero-order chi connectivity index (χ0) is 20.4. The number of rotatable bonds is 5. The van der Waals surface area contributed by atoms with Crippen LogP contribution in [0.2, 0.25) is 0 Å². The number of nitrogen functional groups attached to an aromatic ring is 1. The highest BCUT2D eigenvalue weighted by molar-refractivity contribution is 5.94. The largest absolute Gasteiger partial charge is 0.494 e. The minimum Gasteiger partial charge on any atom is -0.494 e. The van der Waals surface area contributed by atoms with Crippen LogP contribution in [0.3, 0.4) is 0 Å². The first-order valence-electron chi connectivity index (χ1n) is 9.79. The third-order valence-electron chi connectivity index (χ3n) is 5.15. The lowest BCUT2D eigenvalue weighted by Gasteiger charge is -2.32. The standard InChI is InChI=1S/C20H25N7O2/c1-3-29-15-6-4-13(5-7-15)19(28)27-10-8-14(9-11-27)23-20-24-17(21)16-12-22-26(2)18(16)25-20/h4-7,12,14H,3,8-11H2,1-2H3,(H3,21,23,24,25). The van der Waals surface area contributed by atoms with E-state index in [4.69, 9.17) is 10.5 Å². The number of carbonyl (C=O) groups excluding carboxylic acids is 1. The molecule has 1 aliphatic rings. The number of aromatic nitrogens is 4. The van der Waals surface area contributed by atoms with Gasteiger partial charge in [-0.3, -0.25) is 9.48 Å². The lowest BCUT2D eigenvalue weighted by molar-refractivity contribution is 0.0718. The van der Waals surface area contributed by atoms with Gasteiger partial charge in [0.2, 0.25) is 5.95 Å². The topological polar surface area (TPSA) is 111 Å². The van der Waals surface area contributed by atoms with Crippen LogP contribution >= 0.6 is 0 Å². The Balaban J connectivity index is 1.37. The molecule has 0 radical (unpaired) electrons. The van der Waals surface area contributed by atoms with Crippen LogP contribution in [-0.4, -0.2) is 56.3 Å². The molecule has 0 aliphatic carbocycles. The molecule has 0 spiro atoms. The number of likely N-dealkylation sites (tertiary alicyclic amines) is 1. The van der Waals surface area contributed by atoms with Gasteiger partial charge in [0.25, 0.3) is 5.91 Å². The van der Waals surface area contributed by atoms with Crippen molar-refractivity contribution in [3.05, 3.63) is 36.0 Å². The number of anilines is 2. The van der Waals surface area contributed by atoms with Gasteiger partial charge in [-0.2, -0.15) is 15.1 Å². The molecule has 3 heterocycles. The van der Waals surface area contributed by atoms with E-state index in [1.807, 2.05) is 43.1 Å². The van der Waals surface area contributed by atoms with Gasteiger partial charge in [-0.05, 0) is 44.0 Å². The fourth-order valence-corrected chi connectivity index (χ4v) is 3.56. The highest BCUT2D eigenvalue weighted by atomic mass is 16.5. The second-order valence-electron chi connectivity index (χ2n) is 7.11. The zero-order valence-corrected chi connectivity index (χ0v) is 16.6. The van der Waals surface area contributed by atoms with Gasteiger partial charge in [0.1, 0.15) is 11.6 Å². The molecule has 1 amide bonds. The SMILES string of the molecule is CCOc1ccc(C(=O)N2CCC(Nc3nc(N)c4cnn(C)c4n3)CC2)cc1. The second kappa shape index (κ2) is 7.94. The van der Waals surface area contributed by atoms with Gasteiger partial charge in [0, 0.05) is 31.7 Å². The molecule has 4 rings (SSSR count). The molecule has 3 aromatic rings. The van der Waals surface area contributed by atoms with Crippen molar-refractivity contribution < 1.29 is 9.53 Å². The Kier molecular flexibility index (Phi) is 5.20. The van der Waals surface area contributed by atoms with E-state index in [0.717, 1.165) is 24.0 Å². The van der Waals surface area contributed by atoms with E-state index in [1.54, 1.807) is 10.9 Å². The lowest BCUT2D eigenvalue weighted by atomic mass is 10.0. The Bertz CT molecular complexity index is 1010. The van der Waals surface area contributed by atoms with Gasteiger partial charge in [0.05, 0.1) is 18.2 Å². The Morgan fingerprint density at radius 2 is 1.97 bits per heavy atom. The van der Waals surface area contributed by atoms with Gasteiger partial charge in [-0.25, -0.2) is 0 Å². The number of amides is 1. The lowest BCUT2D eigenvalue weighted by Crippen LogP contribution is -2.42. The van der Waals surface area contributed by atoms with Crippen LogP contribution in [0.1, 0.15) is 30.1 Å². The Labute approximate surface area is 168 Å². The van der Waals surface area contributed by atoms with E-state index in [0.29, 0.717) is 42.7 Å². The third-order valence-corrected chi connectivity index (χ3v) is 5.15. The summed E-state index contributed by atoms with van der Waals surface area (Å²) in [5.74, 6) is 1.73. The van der Waals surface area contributed by atoms with Crippen LogP contribution in [-0.2, 0) is 7.05 Å². The van der Waals surface area contributed by atoms with Crippen LogP contribution in [0, 0.1) is 0 Å². The Morgan fingerprint density at radius 3 is 2.66 bits per heavy atom. The predicted molar refractivity (Wildman–Crippen MR) is 111 cm³/mol. The van der Waals surface area contributed by atoms with E-state index >= 15 is 0 Å². The molecule has 0 saturated carbocycles. The van der Waals surface area contributed by atoms with Crippen LogP contribution in [0.25, 0.3) is 11.0 Å². The van der Waals surface area contributed by atoms with E-state index in [1.165, 1.54) is 0 Å². The number of hydrogen-bond donors (Lipinski definition) is 2. The molecule has 0 unspecified atom stereocenters. The van der Waals surface area contributed by atoms with Crippen molar-refractivity contribution in [3.8, 4) is 5.75 Å². The summed E-state index contributed by atoms with van der Waals surface area (Å²) in [5, 5.41) is 8.27. The minimum absolute atomic E-state index is 0.0447. The first kappa shape index (κ1) is 19.0. The van der Waals surface area contributed by atoms with E-state index in [-0.39, 0.29) is 11.9 Å². The number of fused-ring (bicyclic) bond motifs is 1. The number of hydrogen-bond acceptors (Lipinski definition) is 7. The zero-order valence-electron chi connectivity index (χ0n) is 16.6. The molecule has 29 heavy (non-hydrogen) atoms. The van der Waals surface area contributed by atoms with E-state index < -0.39 is 0 Å². The summed E-state index contributed by atoms with van der Waals surface area (Å²) in [5.41, 5.74) is 7.40.